The molecular formula is C21H21N3O6S. The third kappa shape index (κ3) is 4.29. The molecule has 31 heavy (non-hydrogen) atoms. The molecule has 1 fully saturated rings. The molecule has 1 aliphatic heterocycles. The molecule has 0 spiro atoms. The second-order valence-corrected chi connectivity index (χ2v) is 8.19. The van der Waals surface area contributed by atoms with Crippen LogP contribution in [0.3, 0.4) is 0 Å². The highest BCUT2D eigenvalue weighted by atomic mass is 32.1. The fourth-order valence-electron chi connectivity index (χ4n) is 3.56. The monoisotopic (exact) mass is 443 g/mol. The number of carbonyl (C=O) groups is 3. The fourth-order valence-corrected chi connectivity index (χ4v) is 4.49. The Bertz CT molecular complexity index is 1210. The van der Waals surface area contributed by atoms with Crippen molar-refractivity contribution in [1.29, 1.82) is 0 Å². The molecule has 162 valence electrons. The summed E-state index contributed by atoms with van der Waals surface area (Å²) in [6.07, 6.45) is 2.67. The number of hydrogen-bond acceptors (Lipinski definition) is 8. The molecular weight excluding hydrogens is 422 g/mol. The van der Waals surface area contributed by atoms with Crippen LogP contribution in [0.2, 0.25) is 0 Å². The lowest BCUT2D eigenvalue weighted by molar-refractivity contribution is -0.151. The van der Waals surface area contributed by atoms with Crippen LogP contribution in [0.1, 0.15) is 29.4 Å². The summed E-state index contributed by atoms with van der Waals surface area (Å²) in [5.74, 6) is -1.43. The normalized spacial score (nSPS) is 14.7. The molecule has 9 nitrogen and oxygen atoms in total. The lowest BCUT2D eigenvalue weighted by Gasteiger charge is -2.30. The molecule has 3 aromatic heterocycles. The summed E-state index contributed by atoms with van der Waals surface area (Å²) in [6, 6.07) is 6.66. The molecule has 0 N–H and O–H groups in total. The summed E-state index contributed by atoms with van der Waals surface area (Å²) < 4.78 is 11.6. The highest BCUT2D eigenvalue weighted by Gasteiger charge is 2.28. The van der Waals surface area contributed by atoms with E-state index in [1.165, 1.54) is 10.5 Å². The third-order valence-corrected chi connectivity index (χ3v) is 6.22. The van der Waals surface area contributed by atoms with E-state index in [-0.39, 0.29) is 28.2 Å². The molecule has 3 aromatic rings. The number of ether oxygens (including phenoxy) is 2. The first-order valence-electron chi connectivity index (χ1n) is 10.0. The Morgan fingerprint density at radius 2 is 1.97 bits per heavy atom. The Morgan fingerprint density at radius 1 is 1.19 bits per heavy atom. The van der Waals surface area contributed by atoms with Gasteiger partial charge in [0, 0.05) is 19.3 Å². The van der Waals surface area contributed by atoms with Gasteiger partial charge in [-0.2, -0.15) is 0 Å². The van der Waals surface area contributed by atoms with Gasteiger partial charge in [-0.15, -0.1) is 11.3 Å². The van der Waals surface area contributed by atoms with Crippen LogP contribution in [-0.4, -0.2) is 58.4 Å². The van der Waals surface area contributed by atoms with Crippen molar-refractivity contribution in [2.45, 2.75) is 19.8 Å². The van der Waals surface area contributed by atoms with Crippen LogP contribution >= 0.6 is 11.3 Å². The first kappa shape index (κ1) is 21.0. The summed E-state index contributed by atoms with van der Waals surface area (Å²) in [7, 11) is 0. The lowest BCUT2D eigenvalue weighted by atomic mass is 9.97. The molecule has 0 bridgehead atoms. The summed E-state index contributed by atoms with van der Waals surface area (Å²) >= 11 is 1.05. The van der Waals surface area contributed by atoms with Gasteiger partial charge < -0.3 is 14.4 Å². The van der Waals surface area contributed by atoms with E-state index >= 15 is 0 Å². The molecule has 0 aromatic carbocycles. The second-order valence-electron chi connectivity index (χ2n) is 7.16. The number of hydrogen-bond donors (Lipinski definition) is 0. The minimum atomic E-state index is -0.675. The molecule has 0 saturated carbocycles. The molecule has 0 aliphatic carbocycles. The number of thiophene rings is 1. The SMILES string of the molecule is CCOC(=O)C1CCN(C(=O)COC(=O)c2cc3c(=O)n4ccccc4nc3s2)CC1. The maximum absolute atomic E-state index is 12.6. The quantitative estimate of drug-likeness (QED) is 0.554. The highest BCUT2D eigenvalue weighted by Crippen LogP contribution is 2.23. The topological polar surface area (TPSA) is 107 Å². The first-order valence-corrected chi connectivity index (χ1v) is 10.8. The Morgan fingerprint density at radius 3 is 2.71 bits per heavy atom. The summed E-state index contributed by atoms with van der Waals surface area (Å²) in [4.78, 5) is 55.9. The Hall–Kier alpha value is -3.27. The molecule has 0 unspecified atom stereocenters. The van der Waals surface area contributed by atoms with Gasteiger partial charge in [0.15, 0.2) is 6.61 Å². The van der Waals surface area contributed by atoms with Gasteiger partial charge in [0.25, 0.3) is 11.5 Å². The minimum Gasteiger partial charge on any atom is -0.466 e. The van der Waals surface area contributed by atoms with Crippen molar-refractivity contribution in [2.75, 3.05) is 26.3 Å². The Labute approximate surface area is 181 Å². The average Bonchev–Trinajstić information content (AvgIpc) is 3.22. The van der Waals surface area contributed by atoms with Crippen LogP contribution in [0.15, 0.2) is 35.3 Å². The van der Waals surface area contributed by atoms with E-state index in [0.717, 1.165) is 11.3 Å². The maximum atomic E-state index is 12.6. The summed E-state index contributed by atoms with van der Waals surface area (Å²) in [5.41, 5.74) is 0.222. The number of carbonyl (C=O) groups excluding carboxylic acids is 3. The van der Waals surface area contributed by atoms with E-state index in [9.17, 15) is 19.2 Å². The average molecular weight is 443 g/mol. The number of rotatable bonds is 5. The van der Waals surface area contributed by atoms with E-state index in [1.54, 1.807) is 36.2 Å². The zero-order valence-electron chi connectivity index (χ0n) is 16.9. The minimum absolute atomic E-state index is 0.202. The smallest absolute Gasteiger partial charge is 0.348 e. The molecule has 1 amide bonds. The second kappa shape index (κ2) is 8.84. The van der Waals surface area contributed by atoms with Crippen LogP contribution < -0.4 is 5.56 Å². The van der Waals surface area contributed by atoms with Crippen molar-refractivity contribution in [2.24, 2.45) is 5.92 Å². The number of likely N-dealkylation sites (tertiary alicyclic amines) is 1. The van der Waals surface area contributed by atoms with E-state index in [2.05, 4.69) is 4.98 Å². The van der Waals surface area contributed by atoms with E-state index in [1.807, 2.05) is 0 Å². The van der Waals surface area contributed by atoms with Gasteiger partial charge in [-0.05, 0) is 38.0 Å². The standard InChI is InChI=1S/C21H21N3O6S/c1-2-29-20(27)13-6-9-23(10-7-13)17(25)12-30-21(28)15-11-14-18(31-15)22-16-5-3-4-8-24(16)19(14)26/h3-5,8,11,13H,2,6-7,9-10,12H2,1H3. The summed E-state index contributed by atoms with van der Waals surface area (Å²) in [6.45, 7) is 2.53. The van der Waals surface area contributed by atoms with E-state index in [0.29, 0.717) is 48.4 Å². The van der Waals surface area contributed by atoms with E-state index < -0.39 is 12.6 Å². The molecule has 0 radical (unpaired) electrons. The van der Waals surface area contributed by atoms with Gasteiger partial charge >= 0.3 is 11.9 Å². The number of nitrogens with zero attached hydrogens (tertiary/aromatic N) is 3. The van der Waals surface area contributed by atoms with Crippen LogP contribution in [-0.2, 0) is 19.1 Å². The predicted molar refractivity (Wildman–Crippen MR) is 113 cm³/mol. The summed E-state index contributed by atoms with van der Waals surface area (Å²) in [5, 5.41) is 0.327. The first-order chi connectivity index (χ1) is 15.0. The van der Waals surface area contributed by atoms with Crippen LogP contribution in [0.4, 0.5) is 0 Å². The van der Waals surface area contributed by atoms with Crippen molar-refractivity contribution in [3.63, 3.8) is 0 Å². The van der Waals surface area contributed by atoms with Crippen molar-refractivity contribution in [1.82, 2.24) is 14.3 Å². The van der Waals surface area contributed by atoms with Gasteiger partial charge in [-0.25, -0.2) is 9.78 Å². The van der Waals surface area contributed by atoms with Crippen LogP contribution in [0.5, 0.6) is 0 Å². The molecule has 4 rings (SSSR count). The van der Waals surface area contributed by atoms with Gasteiger partial charge in [0.1, 0.15) is 15.4 Å². The van der Waals surface area contributed by atoms with E-state index in [4.69, 9.17) is 9.47 Å². The van der Waals surface area contributed by atoms with Crippen LogP contribution in [0.25, 0.3) is 15.9 Å². The van der Waals surface area contributed by atoms with Gasteiger partial charge in [-0.1, -0.05) is 6.07 Å². The van der Waals surface area contributed by atoms with Crippen molar-refractivity contribution in [3.05, 3.63) is 45.7 Å². The zero-order chi connectivity index (χ0) is 22.0. The number of pyridine rings is 1. The number of aromatic nitrogens is 2. The predicted octanol–water partition coefficient (Wildman–Crippen LogP) is 1.87. The van der Waals surface area contributed by atoms with Gasteiger partial charge in [-0.3, -0.25) is 18.8 Å². The third-order valence-electron chi connectivity index (χ3n) is 5.21. The fraction of sp³-hybridized carbons (Fsp3) is 0.381. The van der Waals surface area contributed by atoms with Crippen molar-refractivity contribution in [3.8, 4) is 0 Å². The molecule has 1 aliphatic rings. The molecule has 10 heteroatoms. The number of esters is 2. The lowest BCUT2D eigenvalue weighted by Crippen LogP contribution is -2.42. The van der Waals surface area contributed by atoms with Gasteiger partial charge in [0.05, 0.1) is 17.9 Å². The number of fused-ring (bicyclic) bond motifs is 2. The Kier molecular flexibility index (Phi) is 5.99. The molecule has 0 atom stereocenters. The van der Waals surface area contributed by atoms with Gasteiger partial charge in [0.2, 0.25) is 0 Å². The Balaban J connectivity index is 1.38. The number of amides is 1. The number of piperidine rings is 1. The zero-order valence-corrected chi connectivity index (χ0v) is 17.7. The van der Waals surface area contributed by atoms with Crippen LogP contribution in [0, 0.1) is 5.92 Å². The highest BCUT2D eigenvalue weighted by molar-refractivity contribution is 7.20. The molecule has 1 saturated heterocycles. The largest absolute Gasteiger partial charge is 0.466 e. The van der Waals surface area contributed by atoms with Crippen molar-refractivity contribution < 1.29 is 23.9 Å². The van der Waals surface area contributed by atoms with Crippen molar-refractivity contribution >= 4 is 45.0 Å². The molecule has 4 heterocycles. The maximum Gasteiger partial charge on any atom is 0.348 e.